The number of hydrogen-bond donors (Lipinski definition) is 3. The van der Waals surface area contributed by atoms with Gasteiger partial charge in [-0.3, -0.25) is 0 Å². The van der Waals surface area contributed by atoms with E-state index in [1.54, 1.807) is 0 Å². The quantitative estimate of drug-likeness (QED) is 0.482. The van der Waals surface area contributed by atoms with Gasteiger partial charge in [-0.05, 0) is 0 Å². The van der Waals surface area contributed by atoms with Crippen molar-refractivity contribution in [3.8, 4) is 0 Å². The van der Waals surface area contributed by atoms with E-state index >= 15 is 0 Å². The number of halogens is 1. The topological polar surface area (TPSA) is 36.1 Å². The van der Waals surface area contributed by atoms with Gasteiger partial charge in [0.15, 0.2) is 0 Å². The zero-order valence-corrected chi connectivity index (χ0v) is 16.1. The van der Waals surface area contributed by atoms with Gasteiger partial charge in [-0.2, -0.15) is 0 Å². The monoisotopic (exact) mass is 431 g/mol. The van der Waals surface area contributed by atoms with Crippen LogP contribution in [0, 0.1) is 0 Å². The predicted molar refractivity (Wildman–Crippen MR) is 102 cm³/mol. The van der Waals surface area contributed by atoms with Crippen LogP contribution in [0.4, 0.5) is 17.1 Å². The zero-order chi connectivity index (χ0) is 16.0. The van der Waals surface area contributed by atoms with E-state index < -0.39 is 18.1 Å². The molecule has 0 aliphatic rings. The van der Waals surface area contributed by atoms with E-state index in [-0.39, 0.29) is 0 Å². The third-order valence-electron chi connectivity index (χ3n) is 3.27. The average Bonchev–Trinajstić information content (AvgIpc) is 2.57. The fourth-order valence-electron chi connectivity index (χ4n) is 2.25. The molecule has 0 bridgehead atoms. The summed E-state index contributed by atoms with van der Waals surface area (Å²) in [5, 5.41) is 0. The summed E-state index contributed by atoms with van der Waals surface area (Å²) in [5.41, 5.74) is 3.01. The summed E-state index contributed by atoms with van der Waals surface area (Å²) in [4.78, 5) is 0. The van der Waals surface area contributed by atoms with Crippen LogP contribution >= 0.6 is 8.92 Å². The minimum absolute atomic E-state index is 1.00. The van der Waals surface area contributed by atoms with Crippen LogP contribution in [0.25, 0.3) is 0 Å². The summed E-state index contributed by atoms with van der Waals surface area (Å²) in [6.07, 6.45) is 0. The van der Waals surface area contributed by atoms with Crippen molar-refractivity contribution < 1.29 is 0 Å². The molecule has 0 heterocycles. The number of hydrogen-bond acceptors (Lipinski definition) is 3. The Bertz CT molecular complexity index is 622. The molecule has 23 heavy (non-hydrogen) atoms. The SMILES string of the molecule is [Cl][Sn]([NH]c1ccccc1)([NH]c1ccccc1)[NH]c1ccccc1. The molecule has 3 rings (SSSR count). The minimum atomic E-state index is -3.61. The van der Waals surface area contributed by atoms with Gasteiger partial charge in [0.05, 0.1) is 0 Å². The molecule has 0 saturated heterocycles. The summed E-state index contributed by atoms with van der Waals surface area (Å²) in [5.74, 6) is 0. The Morgan fingerprint density at radius 2 is 0.739 bits per heavy atom. The Kier molecular flexibility index (Phi) is 5.30. The van der Waals surface area contributed by atoms with Crippen LogP contribution in [-0.2, 0) is 0 Å². The predicted octanol–water partition coefficient (Wildman–Crippen LogP) is 5.00. The third-order valence-corrected chi connectivity index (χ3v) is 10.6. The summed E-state index contributed by atoms with van der Waals surface area (Å²) < 4.78 is 10.5. The molecule has 0 fully saturated rings. The van der Waals surface area contributed by atoms with Gasteiger partial charge in [0, 0.05) is 0 Å². The van der Waals surface area contributed by atoms with E-state index in [1.807, 2.05) is 91.0 Å². The van der Waals surface area contributed by atoms with Gasteiger partial charge in [0.25, 0.3) is 0 Å². The van der Waals surface area contributed by atoms with Crippen LogP contribution < -0.4 is 10.6 Å². The van der Waals surface area contributed by atoms with Crippen LogP contribution in [0.2, 0.25) is 0 Å². The maximum atomic E-state index is 7.02. The van der Waals surface area contributed by atoms with Crippen molar-refractivity contribution >= 4 is 44.1 Å². The van der Waals surface area contributed by atoms with Gasteiger partial charge < -0.3 is 0 Å². The Hall–Kier alpha value is -1.85. The van der Waals surface area contributed by atoms with E-state index in [1.165, 1.54) is 0 Å². The number of nitrogens with one attached hydrogen (secondary N) is 3. The standard InChI is InChI=1S/3C6H6N.ClH.Sn/c3*7-6-4-2-1-3-5-6;;/h3*1-5,7H;1H;/q3*-1;;+4/p-1. The van der Waals surface area contributed by atoms with Gasteiger partial charge >= 0.3 is 146 Å². The molecule has 0 radical (unpaired) electrons. The van der Waals surface area contributed by atoms with Crippen LogP contribution in [0.5, 0.6) is 0 Å². The molecule has 0 aliphatic heterocycles. The first-order valence-corrected chi connectivity index (χ1v) is 15.3. The molecule has 0 spiro atoms. The molecule has 3 N–H and O–H groups in total. The summed E-state index contributed by atoms with van der Waals surface area (Å²) in [6.45, 7) is 0. The zero-order valence-electron chi connectivity index (χ0n) is 12.5. The maximum absolute atomic E-state index is 7.02. The van der Waals surface area contributed by atoms with E-state index in [0.717, 1.165) is 17.1 Å². The second-order valence-corrected chi connectivity index (χ2v) is 14.8. The molecular weight excluding hydrogens is 412 g/mol. The Balaban J connectivity index is 1.85. The van der Waals surface area contributed by atoms with Crippen molar-refractivity contribution in [1.29, 1.82) is 0 Å². The average molecular weight is 431 g/mol. The molecule has 5 heteroatoms. The summed E-state index contributed by atoms with van der Waals surface area (Å²) >= 11 is -3.61. The van der Waals surface area contributed by atoms with Crippen LogP contribution in [-0.4, -0.2) is 18.1 Å². The molecule has 0 saturated carbocycles. The number of anilines is 3. The first-order chi connectivity index (χ1) is 11.2. The molecule has 0 atom stereocenters. The Morgan fingerprint density at radius 3 is 1.00 bits per heavy atom. The van der Waals surface area contributed by atoms with Gasteiger partial charge in [0.2, 0.25) is 0 Å². The molecule has 116 valence electrons. The van der Waals surface area contributed by atoms with Gasteiger partial charge in [-0.15, -0.1) is 0 Å². The molecule has 0 aromatic heterocycles. The fourth-order valence-corrected chi connectivity index (χ4v) is 9.82. The van der Waals surface area contributed by atoms with Crippen LogP contribution in [0.1, 0.15) is 0 Å². The van der Waals surface area contributed by atoms with Crippen molar-refractivity contribution in [1.82, 2.24) is 0 Å². The van der Waals surface area contributed by atoms with Gasteiger partial charge in [0.1, 0.15) is 0 Å². The molecule has 0 amide bonds. The normalized spacial score (nSPS) is 10.8. The van der Waals surface area contributed by atoms with E-state index in [0.29, 0.717) is 0 Å². The second-order valence-electron chi connectivity index (χ2n) is 5.13. The van der Waals surface area contributed by atoms with Crippen molar-refractivity contribution in [2.24, 2.45) is 0 Å². The molecule has 3 aromatic carbocycles. The van der Waals surface area contributed by atoms with Crippen molar-refractivity contribution in [2.45, 2.75) is 0 Å². The van der Waals surface area contributed by atoms with Crippen molar-refractivity contribution in [2.75, 3.05) is 10.6 Å². The number of para-hydroxylation sites is 3. The summed E-state index contributed by atoms with van der Waals surface area (Å²) in [7, 11) is 7.02. The molecule has 3 aromatic rings. The number of benzene rings is 3. The van der Waals surface area contributed by atoms with Crippen LogP contribution in [0.3, 0.4) is 0 Å². The van der Waals surface area contributed by atoms with Crippen molar-refractivity contribution in [3.05, 3.63) is 91.0 Å². The van der Waals surface area contributed by atoms with Crippen molar-refractivity contribution in [3.63, 3.8) is 0 Å². The van der Waals surface area contributed by atoms with Gasteiger partial charge in [-0.25, -0.2) is 0 Å². The fraction of sp³-hybridized carbons (Fsp3) is 0. The van der Waals surface area contributed by atoms with E-state index in [4.69, 9.17) is 8.92 Å². The Labute approximate surface area is 145 Å². The molecule has 0 unspecified atom stereocenters. The first kappa shape index (κ1) is 16.0. The molecular formula is C18H18ClN3Sn. The van der Waals surface area contributed by atoms with Crippen LogP contribution in [0.15, 0.2) is 91.0 Å². The van der Waals surface area contributed by atoms with E-state index in [9.17, 15) is 0 Å². The Morgan fingerprint density at radius 1 is 0.478 bits per heavy atom. The third kappa shape index (κ3) is 4.81. The molecule has 3 nitrogen and oxygen atoms in total. The summed E-state index contributed by atoms with van der Waals surface area (Å²) in [6, 6.07) is 30.1. The second kappa shape index (κ2) is 7.61. The first-order valence-electron chi connectivity index (χ1n) is 7.42. The van der Waals surface area contributed by atoms with E-state index in [2.05, 4.69) is 10.6 Å². The molecule has 0 aliphatic carbocycles. The van der Waals surface area contributed by atoms with Gasteiger partial charge in [-0.1, -0.05) is 0 Å². The number of rotatable bonds is 6.